The molecule has 0 radical (unpaired) electrons. The number of carbonyl (C=O) groups is 1. The lowest BCUT2D eigenvalue weighted by Crippen LogP contribution is -2.21. The van der Waals surface area contributed by atoms with E-state index in [1.165, 1.54) is 16.9 Å². The third-order valence-electron chi connectivity index (χ3n) is 5.62. The molecule has 0 atom stereocenters. The molecule has 1 aliphatic heterocycles. The number of carbonyl (C=O) groups excluding carboxylic acids is 1. The molecule has 0 fully saturated rings. The van der Waals surface area contributed by atoms with E-state index < -0.39 is 9.84 Å². The smallest absolute Gasteiger partial charge is 0.261 e. The van der Waals surface area contributed by atoms with Crippen LogP contribution in [-0.2, 0) is 22.1 Å². The molecule has 3 aromatic carbocycles. The summed E-state index contributed by atoms with van der Waals surface area (Å²) in [7, 11) is -3.45. The van der Waals surface area contributed by atoms with Crippen molar-refractivity contribution in [3.63, 3.8) is 0 Å². The Hall–Kier alpha value is -3.22. The Labute approximate surface area is 191 Å². The van der Waals surface area contributed by atoms with E-state index in [4.69, 9.17) is 0 Å². The van der Waals surface area contributed by atoms with Crippen LogP contribution in [0.25, 0.3) is 21.6 Å². The molecular weight excluding hydrogens is 438 g/mol. The summed E-state index contributed by atoms with van der Waals surface area (Å²) in [6, 6.07) is 25.0. The number of amides is 1. The largest absolute Gasteiger partial charge is 0.347 e. The Morgan fingerprint density at radius 2 is 1.69 bits per heavy atom. The first-order valence-electron chi connectivity index (χ1n) is 10.3. The van der Waals surface area contributed by atoms with Gasteiger partial charge in [0.25, 0.3) is 5.91 Å². The van der Waals surface area contributed by atoms with Gasteiger partial charge >= 0.3 is 0 Å². The van der Waals surface area contributed by atoms with Crippen LogP contribution in [0.3, 0.4) is 0 Å². The molecule has 1 amide bonds. The first-order chi connectivity index (χ1) is 15.4. The van der Waals surface area contributed by atoms with Crippen molar-refractivity contribution in [3.05, 3.63) is 100 Å². The van der Waals surface area contributed by atoms with Gasteiger partial charge in [0.2, 0.25) is 0 Å². The van der Waals surface area contributed by atoms with Crippen LogP contribution in [0.4, 0.5) is 0 Å². The second-order valence-electron chi connectivity index (χ2n) is 7.97. The zero-order valence-corrected chi connectivity index (χ0v) is 19.1. The van der Waals surface area contributed by atoms with Gasteiger partial charge in [-0.2, -0.15) is 0 Å². The number of fused-ring (bicyclic) bond motifs is 3. The third kappa shape index (κ3) is 3.87. The number of aryl methyl sites for hydroxylation is 1. The van der Waals surface area contributed by atoms with E-state index in [0.717, 1.165) is 21.6 Å². The van der Waals surface area contributed by atoms with Gasteiger partial charge in [-0.1, -0.05) is 66.2 Å². The minimum Gasteiger partial charge on any atom is -0.347 e. The standard InChI is InChI=1S/C26H21NO3S2/c1-17-7-9-18(10-8-17)15-27-26(28)23-14-21-16-32(29,30)24-12-11-20(13-22(24)25(21)31-23)19-5-3-2-4-6-19/h2-14H,15-16H2,1H3,(H,27,28). The summed E-state index contributed by atoms with van der Waals surface area (Å²) >= 11 is 1.35. The Morgan fingerprint density at radius 1 is 0.938 bits per heavy atom. The average molecular weight is 460 g/mol. The molecule has 0 unspecified atom stereocenters. The van der Waals surface area contributed by atoms with Crippen LogP contribution >= 0.6 is 11.3 Å². The second kappa shape index (κ2) is 8.04. The highest BCUT2D eigenvalue weighted by Crippen LogP contribution is 2.44. The molecule has 160 valence electrons. The summed E-state index contributed by atoms with van der Waals surface area (Å²) in [6.45, 7) is 2.45. The Bertz CT molecular complexity index is 1420. The molecule has 32 heavy (non-hydrogen) atoms. The molecule has 2 heterocycles. The van der Waals surface area contributed by atoms with E-state index >= 15 is 0 Å². The summed E-state index contributed by atoms with van der Waals surface area (Å²) in [6.07, 6.45) is 0. The lowest BCUT2D eigenvalue weighted by atomic mass is 10.0. The monoisotopic (exact) mass is 459 g/mol. The summed E-state index contributed by atoms with van der Waals surface area (Å²) in [5.41, 5.74) is 5.52. The van der Waals surface area contributed by atoms with Crippen LogP contribution in [0.2, 0.25) is 0 Å². The summed E-state index contributed by atoms with van der Waals surface area (Å²) < 4.78 is 25.8. The van der Waals surface area contributed by atoms with Gasteiger partial charge in [0, 0.05) is 17.0 Å². The fourth-order valence-corrected chi connectivity index (χ4v) is 6.77. The van der Waals surface area contributed by atoms with Gasteiger partial charge < -0.3 is 5.32 Å². The van der Waals surface area contributed by atoms with Gasteiger partial charge in [-0.05, 0) is 47.4 Å². The molecule has 5 rings (SSSR count). The molecular formula is C26H21NO3S2. The van der Waals surface area contributed by atoms with Gasteiger partial charge in [0.15, 0.2) is 9.84 Å². The minimum atomic E-state index is -3.45. The van der Waals surface area contributed by atoms with Crippen molar-refractivity contribution < 1.29 is 13.2 Å². The fraction of sp³-hybridized carbons (Fsp3) is 0.115. The highest BCUT2D eigenvalue weighted by atomic mass is 32.2. The Balaban J connectivity index is 1.48. The molecule has 0 aliphatic carbocycles. The zero-order valence-electron chi connectivity index (χ0n) is 17.5. The van der Waals surface area contributed by atoms with Crippen LogP contribution in [0.1, 0.15) is 26.4 Å². The highest BCUT2D eigenvalue weighted by molar-refractivity contribution is 7.91. The Morgan fingerprint density at radius 3 is 2.44 bits per heavy atom. The zero-order chi connectivity index (χ0) is 22.3. The molecule has 0 saturated carbocycles. The van der Waals surface area contributed by atoms with Crippen molar-refractivity contribution in [2.24, 2.45) is 0 Å². The van der Waals surface area contributed by atoms with E-state index in [0.29, 0.717) is 27.4 Å². The lowest BCUT2D eigenvalue weighted by molar-refractivity contribution is 0.0955. The second-order valence-corrected chi connectivity index (χ2v) is 11.0. The first kappa shape index (κ1) is 20.7. The fourth-order valence-electron chi connectivity index (χ4n) is 3.92. The van der Waals surface area contributed by atoms with Crippen molar-refractivity contribution in [2.75, 3.05) is 0 Å². The maximum Gasteiger partial charge on any atom is 0.261 e. The van der Waals surface area contributed by atoms with Crippen LogP contribution in [0, 0.1) is 6.92 Å². The molecule has 4 aromatic rings. The SMILES string of the molecule is Cc1ccc(CNC(=O)c2cc3c(s2)-c2cc(-c4ccccc4)ccc2S(=O)(=O)C3)cc1. The van der Waals surface area contributed by atoms with E-state index in [2.05, 4.69) is 5.32 Å². The summed E-state index contributed by atoms with van der Waals surface area (Å²) in [4.78, 5) is 14.5. The van der Waals surface area contributed by atoms with Crippen molar-refractivity contribution in [3.8, 4) is 21.6 Å². The number of thiophene rings is 1. The molecule has 0 spiro atoms. The predicted molar refractivity (Wildman–Crippen MR) is 128 cm³/mol. The predicted octanol–water partition coefficient (Wildman–Crippen LogP) is 5.61. The quantitative estimate of drug-likeness (QED) is 0.432. The van der Waals surface area contributed by atoms with Crippen molar-refractivity contribution in [1.82, 2.24) is 5.32 Å². The normalized spacial score (nSPS) is 13.8. The molecule has 4 nitrogen and oxygen atoms in total. The molecule has 1 N–H and O–H groups in total. The minimum absolute atomic E-state index is 0.0816. The van der Waals surface area contributed by atoms with E-state index in [-0.39, 0.29) is 11.7 Å². The number of sulfone groups is 1. The van der Waals surface area contributed by atoms with Crippen LogP contribution in [0.5, 0.6) is 0 Å². The molecule has 0 bridgehead atoms. The lowest BCUT2D eigenvalue weighted by Gasteiger charge is -2.17. The number of hydrogen-bond acceptors (Lipinski definition) is 4. The summed E-state index contributed by atoms with van der Waals surface area (Å²) in [5, 5.41) is 2.95. The number of hydrogen-bond donors (Lipinski definition) is 1. The van der Waals surface area contributed by atoms with Gasteiger partial charge in [-0.15, -0.1) is 11.3 Å². The van der Waals surface area contributed by atoms with Gasteiger partial charge in [-0.25, -0.2) is 8.42 Å². The van der Waals surface area contributed by atoms with Gasteiger partial charge in [0.05, 0.1) is 15.5 Å². The number of rotatable bonds is 4. The maximum absolute atomic E-state index is 12.9. The average Bonchev–Trinajstić information content (AvgIpc) is 3.22. The highest BCUT2D eigenvalue weighted by Gasteiger charge is 2.31. The summed E-state index contributed by atoms with van der Waals surface area (Å²) in [5.74, 6) is -0.273. The third-order valence-corrected chi connectivity index (χ3v) is 8.54. The van der Waals surface area contributed by atoms with Gasteiger partial charge in [-0.3, -0.25) is 4.79 Å². The molecule has 1 aliphatic rings. The first-order valence-corrected chi connectivity index (χ1v) is 12.8. The van der Waals surface area contributed by atoms with Crippen LogP contribution in [0.15, 0.2) is 83.8 Å². The van der Waals surface area contributed by atoms with E-state index in [1.807, 2.05) is 73.7 Å². The Kier molecular flexibility index (Phi) is 5.19. The van der Waals surface area contributed by atoms with Gasteiger partial charge in [0.1, 0.15) is 0 Å². The molecule has 6 heteroatoms. The topological polar surface area (TPSA) is 63.2 Å². The van der Waals surface area contributed by atoms with E-state index in [1.54, 1.807) is 12.1 Å². The van der Waals surface area contributed by atoms with Crippen molar-refractivity contribution in [1.29, 1.82) is 0 Å². The maximum atomic E-state index is 12.9. The number of nitrogens with one attached hydrogen (secondary N) is 1. The van der Waals surface area contributed by atoms with E-state index in [9.17, 15) is 13.2 Å². The molecule has 1 aromatic heterocycles. The van der Waals surface area contributed by atoms with Crippen LogP contribution in [-0.4, -0.2) is 14.3 Å². The van der Waals surface area contributed by atoms with Crippen molar-refractivity contribution in [2.45, 2.75) is 24.1 Å². The number of benzene rings is 3. The van der Waals surface area contributed by atoms with Crippen LogP contribution < -0.4 is 5.32 Å². The van der Waals surface area contributed by atoms with Crippen molar-refractivity contribution >= 4 is 27.1 Å². The molecule has 0 saturated heterocycles.